The van der Waals surface area contributed by atoms with Gasteiger partial charge in [0.25, 0.3) is 0 Å². The highest BCUT2D eigenvalue weighted by atomic mass is 16.6. The van der Waals surface area contributed by atoms with Crippen molar-refractivity contribution >= 4 is 6.09 Å². The van der Waals surface area contributed by atoms with Crippen LogP contribution in [0.15, 0.2) is 0 Å². The third-order valence-electron chi connectivity index (χ3n) is 3.07. The van der Waals surface area contributed by atoms with E-state index in [0.717, 1.165) is 38.8 Å². The van der Waals surface area contributed by atoms with Crippen molar-refractivity contribution in [3.63, 3.8) is 0 Å². The summed E-state index contributed by atoms with van der Waals surface area (Å²) in [7, 11) is 0. The van der Waals surface area contributed by atoms with Crippen molar-refractivity contribution in [3.05, 3.63) is 0 Å². The van der Waals surface area contributed by atoms with Crippen LogP contribution < -0.4 is 0 Å². The highest BCUT2D eigenvalue weighted by Crippen LogP contribution is 2.23. The summed E-state index contributed by atoms with van der Waals surface area (Å²) >= 11 is 0. The van der Waals surface area contributed by atoms with Gasteiger partial charge in [0.1, 0.15) is 5.60 Å². The maximum Gasteiger partial charge on any atom is 0.410 e. The van der Waals surface area contributed by atoms with Gasteiger partial charge >= 0.3 is 6.09 Å². The van der Waals surface area contributed by atoms with E-state index in [1.165, 1.54) is 0 Å². The molecule has 0 aromatic heterocycles. The lowest BCUT2D eigenvalue weighted by Crippen LogP contribution is -2.42. The quantitative estimate of drug-likeness (QED) is 0.724. The molecular formula is C14H24N2O2. The number of amides is 1. The van der Waals surface area contributed by atoms with Gasteiger partial charge in [-0.3, -0.25) is 0 Å². The number of nitrogens with zero attached hydrogens (tertiary/aromatic N) is 2. The standard InChI is InChI=1S/C14H24N2O2/c1-14(2,3)18-13(17)16-10-6-8-12(11-16)7-4-5-9-15/h12H,4-8,10-11H2,1-3H3. The molecule has 0 radical (unpaired) electrons. The molecule has 1 rings (SSSR count). The zero-order valence-electron chi connectivity index (χ0n) is 11.7. The number of unbranched alkanes of at least 4 members (excludes halogenated alkanes) is 1. The Bertz CT molecular complexity index is 315. The number of hydrogen-bond acceptors (Lipinski definition) is 3. The monoisotopic (exact) mass is 252 g/mol. The zero-order chi connectivity index (χ0) is 13.6. The van der Waals surface area contributed by atoms with Crippen molar-refractivity contribution in [2.24, 2.45) is 5.92 Å². The summed E-state index contributed by atoms with van der Waals surface area (Å²) in [5.74, 6) is 0.527. The Hall–Kier alpha value is -1.24. The van der Waals surface area contributed by atoms with Gasteiger partial charge in [-0.1, -0.05) is 0 Å². The average Bonchev–Trinajstić information content (AvgIpc) is 2.27. The highest BCUT2D eigenvalue weighted by Gasteiger charge is 2.27. The number of piperidine rings is 1. The Morgan fingerprint density at radius 2 is 2.22 bits per heavy atom. The maximum absolute atomic E-state index is 11.9. The number of carbonyl (C=O) groups is 1. The molecule has 1 atom stereocenters. The van der Waals surface area contributed by atoms with Crippen molar-refractivity contribution < 1.29 is 9.53 Å². The molecule has 18 heavy (non-hydrogen) atoms. The molecule has 0 spiro atoms. The van der Waals surface area contributed by atoms with Gasteiger partial charge in [0.2, 0.25) is 0 Å². The van der Waals surface area contributed by atoms with E-state index in [9.17, 15) is 4.79 Å². The van der Waals surface area contributed by atoms with Crippen molar-refractivity contribution in [1.29, 1.82) is 5.26 Å². The van der Waals surface area contributed by atoms with Crippen LogP contribution >= 0.6 is 0 Å². The molecule has 1 aliphatic rings. The molecule has 4 nitrogen and oxygen atoms in total. The molecule has 0 aromatic rings. The Morgan fingerprint density at radius 3 is 2.83 bits per heavy atom. The van der Waals surface area contributed by atoms with Crippen LogP contribution in [0.3, 0.4) is 0 Å². The summed E-state index contributed by atoms with van der Waals surface area (Å²) in [6.07, 6.45) is 4.58. The number of hydrogen-bond donors (Lipinski definition) is 0. The van der Waals surface area contributed by atoms with E-state index in [0.29, 0.717) is 12.3 Å². The number of likely N-dealkylation sites (tertiary alicyclic amines) is 1. The molecule has 1 saturated heterocycles. The van der Waals surface area contributed by atoms with E-state index in [-0.39, 0.29) is 6.09 Å². The minimum atomic E-state index is -0.426. The number of rotatable bonds is 3. The fourth-order valence-corrected chi connectivity index (χ4v) is 2.26. The molecule has 1 fully saturated rings. The van der Waals surface area contributed by atoms with Gasteiger partial charge in [0.15, 0.2) is 0 Å². The van der Waals surface area contributed by atoms with E-state index in [4.69, 9.17) is 10.00 Å². The van der Waals surface area contributed by atoms with Gasteiger partial charge in [-0.25, -0.2) is 4.79 Å². The van der Waals surface area contributed by atoms with E-state index in [1.807, 2.05) is 25.7 Å². The number of nitriles is 1. The van der Waals surface area contributed by atoms with Crippen LogP contribution in [-0.2, 0) is 4.74 Å². The molecule has 1 amide bonds. The smallest absolute Gasteiger partial charge is 0.410 e. The van der Waals surface area contributed by atoms with Gasteiger partial charge in [0.05, 0.1) is 6.07 Å². The summed E-state index contributed by atoms with van der Waals surface area (Å²) in [6.45, 7) is 7.24. The molecule has 0 aliphatic carbocycles. The third kappa shape index (κ3) is 5.39. The summed E-state index contributed by atoms with van der Waals surface area (Å²) in [5, 5.41) is 8.53. The van der Waals surface area contributed by atoms with Crippen molar-refractivity contribution in [2.75, 3.05) is 13.1 Å². The van der Waals surface area contributed by atoms with Crippen molar-refractivity contribution in [3.8, 4) is 6.07 Å². The second kappa shape index (κ2) is 6.63. The second-order valence-corrected chi connectivity index (χ2v) is 5.98. The fourth-order valence-electron chi connectivity index (χ4n) is 2.26. The molecule has 102 valence electrons. The molecule has 0 N–H and O–H groups in total. The summed E-state index contributed by atoms with van der Waals surface area (Å²) < 4.78 is 5.39. The van der Waals surface area contributed by atoms with Gasteiger partial charge < -0.3 is 9.64 Å². The normalized spacial score (nSPS) is 20.3. The van der Waals surface area contributed by atoms with Gasteiger partial charge in [-0.05, 0) is 52.4 Å². The second-order valence-electron chi connectivity index (χ2n) is 5.98. The molecule has 0 aromatic carbocycles. The highest BCUT2D eigenvalue weighted by molar-refractivity contribution is 5.68. The first-order valence-electron chi connectivity index (χ1n) is 6.77. The first-order chi connectivity index (χ1) is 8.42. The van der Waals surface area contributed by atoms with Crippen LogP contribution in [0.2, 0.25) is 0 Å². The third-order valence-corrected chi connectivity index (χ3v) is 3.07. The Kier molecular flexibility index (Phi) is 5.46. The lowest BCUT2D eigenvalue weighted by Gasteiger charge is -2.34. The molecule has 1 aliphatic heterocycles. The van der Waals surface area contributed by atoms with E-state index >= 15 is 0 Å². The lowest BCUT2D eigenvalue weighted by molar-refractivity contribution is 0.0161. The van der Waals surface area contributed by atoms with E-state index < -0.39 is 5.60 Å². The predicted octanol–water partition coefficient (Wildman–Crippen LogP) is 3.33. The van der Waals surface area contributed by atoms with E-state index in [2.05, 4.69) is 6.07 Å². The molecular weight excluding hydrogens is 228 g/mol. The number of carbonyl (C=O) groups excluding carboxylic acids is 1. The summed E-state index contributed by atoms with van der Waals surface area (Å²) in [5.41, 5.74) is -0.426. The zero-order valence-corrected chi connectivity index (χ0v) is 11.7. The fraction of sp³-hybridized carbons (Fsp3) is 0.857. The summed E-state index contributed by atoms with van der Waals surface area (Å²) in [6, 6.07) is 2.17. The Morgan fingerprint density at radius 1 is 1.50 bits per heavy atom. The Balaban J connectivity index is 2.39. The van der Waals surface area contributed by atoms with Gasteiger partial charge in [0, 0.05) is 19.5 Å². The predicted molar refractivity (Wildman–Crippen MR) is 70.0 cm³/mol. The van der Waals surface area contributed by atoms with Crippen LogP contribution in [0.4, 0.5) is 4.79 Å². The van der Waals surface area contributed by atoms with Gasteiger partial charge in [-0.15, -0.1) is 0 Å². The van der Waals surface area contributed by atoms with Crippen LogP contribution in [0.5, 0.6) is 0 Å². The van der Waals surface area contributed by atoms with Gasteiger partial charge in [-0.2, -0.15) is 5.26 Å². The molecule has 0 saturated carbocycles. The molecule has 1 unspecified atom stereocenters. The SMILES string of the molecule is CC(C)(C)OC(=O)N1CCCC(CCCC#N)C1. The molecule has 1 heterocycles. The largest absolute Gasteiger partial charge is 0.444 e. The summed E-state index contributed by atoms with van der Waals surface area (Å²) in [4.78, 5) is 13.8. The van der Waals surface area contributed by atoms with Crippen LogP contribution in [0, 0.1) is 17.2 Å². The topological polar surface area (TPSA) is 53.3 Å². The first-order valence-corrected chi connectivity index (χ1v) is 6.77. The van der Waals surface area contributed by atoms with Crippen molar-refractivity contribution in [2.45, 2.75) is 58.5 Å². The Labute approximate surface area is 110 Å². The van der Waals surface area contributed by atoms with Crippen LogP contribution in [0.25, 0.3) is 0 Å². The molecule has 0 bridgehead atoms. The number of ether oxygens (including phenoxy) is 1. The maximum atomic E-state index is 11.9. The van der Waals surface area contributed by atoms with Crippen LogP contribution in [0.1, 0.15) is 52.9 Å². The average molecular weight is 252 g/mol. The van der Waals surface area contributed by atoms with Crippen molar-refractivity contribution in [1.82, 2.24) is 4.90 Å². The minimum absolute atomic E-state index is 0.201. The molecule has 4 heteroatoms. The van der Waals surface area contributed by atoms with Crippen LogP contribution in [-0.4, -0.2) is 29.7 Å². The minimum Gasteiger partial charge on any atom is -0.444 e. The van der Waals surface area contributed by atoms with E-state index in [1.54, 1.807) is 0 Å². The first kappa shape index (κ1) is 14.8. The lowest BCUT2D eigenvalue weighted by atomic mass is 9.93.